The molecule has 1 rings (SSSR count). The number of anilines is 1. The van der Waals surface area contributed by atoms with Crippen molar-refractivity contribution < 1.29 is 14.7 Å². The highest BCUT2D eigenvalue weighted by atomic mass is 35.5. The van der Waals surface area contributed by atoms with E-state index in [9.17, 15) is 14.7 Å². The van der Waals surface area contributed by atoms with Gasteiger partial charge in [-0.3, -0.25) is 9.59 Å². The number of aliphatic hydroxyl groups is 1. The molecule has 3 N–H and O–H groups in total. The highest BCUT2D eigenvalue weighted by molar-refractivity contribution is 6.34. The molecule has 0 saturated heterocycles. The van der Waals surface area contributed by atoms with Crippen LogP contribution in [-0.2, 0) is 4.79 Å². The smallest absolute Gasteiger partial charge is 0.252 e. The molecule has 6 heteroatoms. The molecule has 1 aromatic carbocycles. The molecule has 1 unspecified atom stereocenters. The summed E-state index contributed by atoms with van der Waals surface area (Å²) in [5, 5.41) is 15.7. The van der Waals surface area contributed by atoms with E-state index in [-0.39, 0.29) is 40.3 Å². The Balaban J connectivity index is 2.82. The molecule has 0 spiro atoms. The summed E-state index contributed by atoms with van der Waals surface area (Å²) in [4.78, 5) is 24.0. The third kappa shape index (κ3) is 5.84. The average molecular weight is 341 g/mol. The van der Waals surface area contributed by atoms with Gasteiger partial charge in [0.1, 0.15) is 0 Å². The van der Waals surface area contributed by atoms with Crippen LogP contribution in [0.3, 0.4) is 0 Å². The molecule has 1 aromatic rings. The molecule has 0 fully saturated rings. The molecule has 5 nitrogen and oxygen atoms in total. The van der Waals surface area contributed by atoms with Crippen molar-refractivity contribution in [2.75, 3.05) is 11.9 Å². The van der Waals surface area contributed by atoms with Gasteiger partial charge in [0.05, 0.1) is 16.7 Å². The maximum Gasteiger partial charge on any atom is 0.252 e. The molecule has 0 bridgehead atoms. The number of carbonyl (C=O) groups is 2. The van der Waals surface area contributed by atoms with Gasteiger partial charge < -0.3 is 15.7 Å². The van der Waals surface area contributed by atoms with Crippen LogP contribution < -0.4 is 10.6 Å². The van der Waals surface area contributed by atoms with E-state index < -0.39 is 6.10 Å². The standard InChI is InChI=1S/C17H25ClN2O3/c1-10(2)15(22)20-11-6-7-13(18)12(8-11)16(23)19-9-14(21)17(3,4)5/h6-8,10,14,21H,9H2,1-5H3,(H,19,23)(H,20,22). The zero-order chi connectivity index (χ0) is 17.8. The lowest BCUT2D eigenvalue weighted by atomic mass is 9.89. The summed E-state index contributed by atoms with van der Waals surface area (Å²) in [5.74, 6) is -0.689. The molecule has 0 radical (unpaired) electrons. The number of aliphatic hydroxyl groups excluding tert-OH is 1. The number of hydrogen-bond donors (Lipinski definition) is 3. The van der Waals surface area contributed by atoms with Gasteiger partial charge in [-0.1, -0.05) is 46.2 Å². The van der Waals surface area contributed by atoms with Crippen LogP contribution in [0, 0.1) is 11.3 Å². The molecular formula is C17H25ClN2O3. The quantitative estimate of drug-likeness (QED) is 0.770. The third-order valence-corrected chi connectivity index (χ3v) is 3.79. The second-order valence-electron chi connectivity index (χ2n) is 6.93. The van der Waals surface area contributed by atoms with Crippen molar-refractivity contribution in [1.82, 2.24) is 5.32 Å². The summed E-state index contributed by atoms with van der Waals surface area (Å²) in [6.07, 6.45) is -0.672. The second-order valence-corrected chi connectivity index (χ2v) is 7.34. The first-order chi connectivity index (χ1) is 10.5. The fraction of sp³-hybridized carbons (Fsp3) is 0.529. The number of benzene rings is 1. The minimum atomic E-state index is -0.672. The lowest BCUT2D eigenvalue weighted by molar-refractivity contribution is -0.118. The van der Waals surface area contributed by atoms with E-state index >= 15 is 0 Å². The molecule has 0 aliphatic heterocycles. The van der Waals surface area contributed by atoms with E-state index in [1.54, 1.807) is 26.0 Å². The normalized spacial score (nSPS) is 12.9. The molecule has 0 aromatic heterocycles. The predicted molar refractivity (Wildman–Crippen MR) is 92.7 cm³/mol. The fourth-order valence-corrected chi connectivity index (χ4v) is 1.86. The molecule has 1 atom stereocenters. The van der Waals surface area contributed by atoms with Crippen LogP contribution in [0.4, 0.5) is 5.69 Å². The lowest BCUT2D eigenvalue weighted by Crippen LogP contribution is -2.39. The van der Waals surface area contributed by atoms with Gasteiger partial charge in [-0.15, -0.1) is 0 Å². The van der Waals surface area contributed by atoms with Crippen molar-refractivity contribution in [2.45, 2.75) is 40.7 Å². The van der Waals surface area contributed by atoms with Gasteiger partial charge in [-0.25, -0.2) is 0 Å². The van der Waals surface area contributed by atoms with Crippen LogP contribution in [0.2, 0.25) is 5.02 Å². The molecule has 0 aliphatic rings. The summed E-state index contributed by atoms with van der Waals surface area (Å²) < 4.78 is 0. The number of carbonyl (C=O) groups excluding carboxylic acids is 2. The van der Waals surface area contributed by atoms with Gasteiger partial charge >= 0.3 is 0 Å². The zero-order valence-electron chi connectivity index (χ0n) is 14.2. The third-order valence-electron chi connectivity index (χ3n) is 3.46. The number of amides is 2. The molecular weight excluding hydrogens is 316 g/mol. The Kier molecular flexibility index (Phi) is 6.59. The van der Waals surface area contributed by atoms with E-state index in [0.717, 1.165) is 0 Å². The van der Waals surface area contributed by atoms with Gasteiger partial charge in [0.2, 0.25) is 5.91 Å². The molecule has 2 amide bonds. The van der Waals surface area contributed by atoms with E-state index in [4.69, 9.17) is 11.6 Å². The van der Waals surface area contributed by atoms with Gasteiger partial charge in [0.25, 0.3) is 5.91 Å². The minimum absolute atomic E-state index is 0.126. The average Bonchev–Trinajstić information content (AvgIpc) is 2.45. The monoisotopic (exact) mass is 340 g/mol. The second kappa shape index (κ2) is 7.79. The van der Waals surface area contributed by atoms with Crippen LogP contribution in [0.15, 0.2) is 18.2 Å². The largest absolute Gasteiger partial charge is 0.391 e. The molecule has 0 aliphatic carbocycles. The summed E-state index contributed by atoms with van der Waals surface area (Å²) in [6.45, 7) is 9.36. The van der Waals surface area contributed by atoms with Crippen LogP contribution in [-0.4, -0.2) is 29.6 Å². The topological polar surface area (TPSA) is 78.4 Å². The minimum Gasteiger partial charge on any atom is -0.391 e. The Bertz CT molecular complexity index is 580. The summed E-state index contributed by atoms with van der Waals surface area (Å²) >= 11 is 6.06. The first-order valence-electron chi connectivity index (χ1n) is 7.59. The van der Waals surface area contributed by atoms with E-state index in [1.165, 1.54) is 6.07 Å². The molecule has 0 saturated carbocycles. The Hall–Kier alpha value is -1.59. The Morgan fingerprint density at radius 1 is 1.26 bits per heavy atom. The van der Waals surface area contributed by atoms with Crippen molar-refractivity contribution in [3.05, 3.63) is 28.8 Å². The highest BCUT2D eigenvalue weighted by Gasteiger charge is 2.23. The molecule has 23 heavy (non-hydrogen) atoms. The van der Waals surface area contributed by atoms with Crippen molar-refractivity contribution >= 4 is 29.1 Å². The van der Waals surface area contributed by atoms with E-state index in [0.29, 0.717) is 5.69 Å². The highest BCUT2D eigenvalue weighted by Crippen LogP contribution is 2.22. The Labute approximate surface area is 142 Å². The molecule has 0 heterocycles. The van der Waals surface area contributed by atoms with Crippen LogP contribution in [0.5, 0.6) is 0 Å². The van der Waals surface area contributed by atoms with Crippen molar-refractivity contribution in [3.63, 3.8) is 0 Å². The fourth-order valence-electron chi connectivity index (χ4n) is 1.65. The van der Waals surface area contributed by atoms with Gasteiger partial charge in [-0.2, -0.15) is 0 Å². The predicted octanol–water partition coefficient (Wildman–Crippen LogP) is 3.07. The summed E-state index contributed by atoms with van der Waals surface area (Å²) in [5.41, 5.74) is 0.438. The maximum atomic E-state index is 12.2. The van der Waals surface area contributed by atoms with Crippen LogP contribution >= 0.6 is 11.6 Å². The van der Waals surface area contributed by atoms with Crippen LogP contribution in [0.25, 0.3) is 0 Å². The van der Waals surface area contributed by atoms with Crippen molar-refractivity contribution in [2.24, 2.45) is 11.3 Å². The van der Waals surface area contributed by atoms with Gasteiger partial charge in [0, 0.05) is 18.2 Å². The van der Waals surface area contributed by atoms with Gasteiger partial charge in [-0.05, 0) is 23.6 Å². The number of rotatable bonds is 5. The number of nitrogens with one attached hydrogen (secondary N) is 2. The Morgan fingerprint density at radius 2 is 1.87 bits per heavy atom. The maximum absolute atomic E-state index is 12.2. The number of hydrogen-bond acceptors (Lipinski definition) is 3. The molecule has 128 valence electrons. The van der Waals surface area contributed by atoms with Gasteiger partial charge in [0.15, 0.2) is 0 Å². The zero-order valence-corrected chi connectivity index (χ0v) is 15.0. The lowest BCUT2D eigenvalue weighted by Gasteiger charge is -2.26. The Morgan fingerprint density at radius 3 is 2.39 bits per heavy atom. The SMILES string of the molecule is CC(C)C(=O)Nc1ccc(Cl)c(C(=O)NCC(O)C(C)(C)C)c1. The first-order valence-corrected chi connectivity index (χ1v) is 7.97. The number of halogens is 1. The van der Waals surface area contributed by atoms with E-state index in [2.05, 4.69) is 10.6 Å². The first kappa shape index (κ1) is 19.5. The summed E-state index contributed by atoms with van der Waals surface area (Å²) in [7, 11) is 0. The summed E-state index contributed by atoms with van der Waals surface area (Å²) in [6, 6.07) is 4.73. The van der Waals surface area contributed by atoms with Crippen LogP contribution in [0.1, 0.15) is 45.0 Å². The van der Waals surface area contributed by atoms with Crippen molar-refractivity contribution in [1.29, 1.82) is 0 Å². The van der Waals surface area contributed by atoms with E-state index in [1.807, 2.05) is 20.8 Å². The van der Waals surface area contributed by atoms with Crippen molar-refractivity contribution in [3.8, 4) is 0 Å².